The van der Waals surface area contributed by atoms with Crippen LogP contribution in [0.5, 0.6) is 0 Å². The van der Waals surface area contributed by atoms with Crippen molar-refractivity contribution in [3.8, 4) is 21.0 Å². The van der Waals surface area contributed by atoms with Gasteiger partial charge in [0, 0.05) is 29.7 Å². The zero-order valence-corrected chi connectivity index (χ0v) is 10.2. The summed E-state index contributed by atoms with van der Waals surface area (Å²) in [6, 6.07) is 3.84. The number of hydrogen-bond donors (Lipinski definition) is 1. The third-order valence-electron chi connectivity index (χ3n) is 2.25. The van der Waals surface area contributed by atoms with E-state index in [9.17, 15) is 0 Å². The van der Waals surface area contributed by atoms with Crippen molar-refractivity contribution in [1.29, 1.82) is 0 Å². The van der Waals surface area contributed by atoms with Gasteiger partial charge in [0.1, 0.15) is 10.2 Å². The van der Waals surface area contributed by atoms with E-state index in [2.05, 4.69) is 20.2 Å². The molecule has 0 bridgehead atoms. The molecular weight excluding hydrogens is 256 g/mol. The Bertz CT molecular complexity index is 618. The minimum absolute atomic E-state index is 0.496. The van der Waals surface area contributed by atoms with E-state index in [0.717, 1.165) is 21.0 Å². The van der Waals surface area contributed by atoms with Gasteiger partial charge in [0.05, 0.1) is 11.1 Å². The second kappa shape index (κ2) is 4.27. The molecule has 0 aromatic carbocycles. The molecule has 0 spiro atoms. The van der Waals surface area contributed by atoms with Crippen molar-refractivity contribution >= 4 is 22.9 Å². The molecule has 3 heterocycles. The van der Waals surface area contributed by atoms with E-state index in [4.69, 9.17) is 11.6 Å². The van der Waals surface area contributed by atoms with Crippen LogP contribution in [0.1, 0.15) is 0 Å². The Kier molecular flexibility index (Phi) is 2.62. The lowest BCUT2D eigenvalue weighted by Gasteiger charge is -1.91. The molecule has 0 unspecified atom stereocenters. The molecule has 0 atom stereocenters. The summed E-state index contributed by atoms with van der Waals surface area (Å²) in [5.74, 6) is 0. The smallest absolute Gasteiger partial charge is 0.148 e. The van der Waals surface area contributed by atoms with Gasteiger partial charge in [-0.15, -0.1) is 11.3 Å². The molecule has 0 fully saturated rings. The Hall–Kier alpha value is -1.72. The van der Waals surface area contributed by atoms with Gasteiger partial charge < -0.3 is 0 Å². The van der Waals surface area contributed by atoms with E-state index in [0.29, 0.717) is 5.15 Å². The van der Waals surface area contributed by atoms with Gasteiger partial charge in [0.15, 0.2) is 0 Å². The first-order valence-electron chi connectivity index (χ1n) is 4.90. The molecule has 0 saturated carbocycles. The number of H-pyrrole nitrogens is 1. The molecule has 84 valence electrons. The largest absolute Gasteiger partial charge is 0.285 e. The molecular formula is C11H7ClN4S. The highest BCUT2D eigenvalue weighted by Gasteiger charge is 2.13. The summed E-state index contributed by atoms with van der Waals surface area (Å²) in [6.45, 7) is 0. The number of thiazole rings is 1. The minimum atomic E-state index is 0.496. The lowest BCUT2D eigenvalue weighted by atomic mass is 10.3. The van der Waals surface area contributed by atoms with Crippen LogP contribution in [0.15, 0.2) is 36.9 Å². The lowest BCUT2D eigenvalue weighted by Crippen LogP contribution is -1.76. The molecule has 0 aliphatic rings. The van der Waals surface area contributed by atoms with E-state index < -0.39 is 0 Å². The molecule has 3 aromatic heterocycles. The number of nitrogens with one attached hydrogen (secondary N) is 1. The quantitative estimate of drug-likeness (QED) is 0.771. The summed E-state index contributed by atoms with van der Waals surface area (Å²) >= 11 is 7.65. The molecule has 17 heavy (non-hydrogen) atoms. The Balaban J connectivity index is 2.08. The predicted molar refractivity (Wildman–Crippen MR) is 67.9 cm³/mol. The first-order valence-corrected chi connectivity index (χ1v) is 6.10. The van der Waals surface area contributed by atoms with Crippen LogP contribution in [0.4, 0.5) is 0 Å². The van der Waals surface area contributed by atoms with Gasteiger partial charge in [-0.3, -0.25) is 10.1 Å². The highest BCUT2D eigenvalue weighted by molar-refractivity contribution is 7.19. The first kappa shape index (κ1) is 10.4. The van der Waals surface area contributed by atoms with E-state index >= 15 is 0 Å². The van der Waals surface area contributed by atoms with Gasteiger partial charge in [0.2, 0.25) is 0 Å². The number of halogens is 1. The van der Waals surface area contributed by atoms with Crippen LogP contribution >= 0.6 is 22.9 Å². The van der Waals surface area contributed by atoms with Crippen LogP contribution in [0.25, 0.3) is 21.0 Å². The minimum Gasteiger partial charge on any atom is -0.285 e. The number of nitrogens with zero attached hydrogens (tertiary/aromatic N) is 3. The van der Waals surface area contributed by atoms with Crippen molar-refractivity contribution in [2.24, 2.45) is 0 Å². The summed E-state index contributed by atoms with van der Waals surface area (Å²) in [4.78, 5) is 9.32. The van der Waals surface area contributed by atoms with E-state index in [-0.39, 0.29) is 0 Å². The maximum absolute atomic E-state index is 6.12. The molecule has 0 radical (unpaired) electrons. The molecule has 0 saturated heterocycles. The molecule has 3 aromatic rings. The average molecular weight is 263 g/mol. The van der Waals surface area contributed by atoms with Crippen LogP contribution in [0.3, 0.4) is 0 Å². The van der Waals surface area contributed by atoms with Crippen LogP contribution in [-0.2, 0) is 0 Å². The Labute approximate surface area is 106 Å². The standard InChI is InChI=1S/C11H7ClN4S/c12-10-9(8-5-14-15-6-8)17-11(16-10)7-2-1-3-13-4-7/h1-6H,(H,14,15). The summed E-state index contributed by atoms with van der Waals surface area (Å²) in [6.07, 6.45) is 7.03. The van der Waals surface area contributed by atoms with E-state index in [1.54, 1.807) is 24.8 Å². The molecule has 3 rings (SSSR count). The van der Waals surface area contributed by atoms with Crippen LogP contribution in [0.2, 0.25) is 5.15 Å². The zero-order chi connectivity index (χ0) is 11.7. The predicted octanol–water partition coefficient (Wildman–Crippen LogP) is 3.25. The van der Waals surface area contributed by atoms with Gasteiger partial charge in [-0.2, -0.15) is 5.10 Å². The summed E-state index contributed by atoms with van der Waals surface area (Å²) < 4.78 is 0. The second-order valence-electron chi connectivity index (χ2n) is 3.37. The Morgan fingerprint density at radius 2 is 2.18 bits per heavy atom. The van der Waals surface area contributed by atoms with Gasteiger partial charge in [-0.1, -0.05) is 11.6 Å². The van der Waals surface area contributed by atoms with Crippen molar-refractivity contribution in [1.82, 2.24) is 20.2 Å². The van der Waals surface area contributed by atoms with Crippen LogP contribution in [0, 0.1) is 0 Å². The zero-order valence-electron chi connectivity index (χ0n) is 8.59. The monoisotopic (exact) mass is 262 g/mol. The Morgan fingerprint density at radius 1 is 1.24 bits per heavy atom. The molecule has 6 heteroatoms. The van der Waals surface area contributed by atoms with E-state index in [1.165, 1.54) is 11.3 Å². The number of hydrogen-bond acceptors (Lipinski definition) is 4. The second-order valence-corrected chi connectivity index (χ2v) is 4.72. The van der Waals surface area contributed by atoms with Crippen molar-refractivity contribution in [2.75, 3.05) is 0 Å². The molecule has 0 aliphatic heterocycles. The molecule has 0 aliphatic carbocycles. The summed E-state index contributed by atoms with van der Waals surface area (Å²) in [7, 11) is 0. The van der Waals surface area contributed by atoms with Crippen molar-refractivity contribution < 1.29 is 0 Å². The third kappa shape index (κ3) is 1.94. The fourth-order valence-electron chi connectivity index (χ4n) is 1.47. The number of pyridine rings is 1. The normalized spacial score (nSPS) is 10.6. The lowest BCUT2D eigenvalue weighted by molar-refractivity contribution is 1.09. The van der Waals surface area contributed by atoms with Gasteiger partial charge in [0.25, 0.3) is 0 Å². The highest BCUT2D eigenvalue weighted by atomic mass is 35.5. The third-order valence-corrected chi connectivity index (χ3v) is 3.79. The van der Waals surface area contributed by atoms with Crippen LogP contribution in [-0.4, -0.2) is 20.2 Å². The summed E-state index contributed by atoms with van der Waals surface area (Å²) in [5, 5.41) is 8.02. The molecule has 4 nitrogen and oxygen atoms in total. The number of aromatic amines is 1. The first-order chi connectivity index (χ1) is 8.34. The fourth-order valence-corrected chi connectivity index (χ4v) is 2.76. The maximum Gasteiger partial charge on any atom is 0.148 e. The fraction of sp³-hybridized carbons (Fsp3) is 0. The molecule has 0 amide bonds. The SMILES string of the molecule is Clc1nc(-c2cccnc2)sc1-c1cn[nH]c1. The van der Waals surface area contributed by atoms with Gasteiger partial charge >= 0.3 is 0 Å². The molecule has 1 N–H and O–H groups in total. The highest BCUT2D eigenvalue weighted by Crippen LogP contribution is 2.37. The topological polar surface area (TPSA) is 54.5 Å². The number of aromatic nitrogens is 4. The van der Waals surface area contributed by atoms with E-state index in [1.807, 2.05) is 12.1 Å². The number of rotatable bonds is 2. The van der Waals surface area contributed by atoms with Gasteiger partial charge in [-0.05, 0) is 12.1 Å². The summed E-state index contributed by atoms with van der Waals surface area (Å²) in [5.41, 5.74) is 1.91. The van der Waals surface area contributed by atoms with Crippen molar-refractivity contribution in [3.63, 3.8) is 0 Å². The average Bonchev–Trinajstić information content (AvgIpc) is 2.99. The van der Waals surface area contributed by atoms with Gasteiger partial charge in [-0.25, -0.2) is 4.98 Å². The van der Waals surface area contributed by atoms with Crippen molar-refractivity contribution in [2.45, 2.75) is 0 Å². The van der Waals surface area contributed by atoms with Crippen molar-refractivity contribution in [3.05, 3.63) is 42.1 Å². The maximum atomic E-state index is 6.12. The Morgan fingerprint density at radius 3 is 2.88 bits per heavy atom. The van der Waals surface area contributed by atoms with Crippen LogP contribution < -0.4 is 0 Å².